The molecule has 1 aromatic heterocycles. The lowest BCUT2D eigenvalue weighted by molar-refractivity contribution is 0.139. The summed E-state index contributed by atoms with van der Waals surface area (Å²) in [6, 6.07) is 3.50. The number of benzene rings is 1. The first-order valence-electron chi connectivity index (χ1n) is 9.64. The molecule has 10 heteroatoms. The van der Waals surface area contributed by atoms with Crippen molar-refractivity contribution < 1.29 is 28.2 Å². The first kappa shape index (κ1) is 21.4. The van der Waals surface area contributed by atoms with E-state index in [4.69, 9.17) is 9.84 Å². The summed E-state index contributed by atoms with van der Waals surface area (Å²) in [5, 5.41) is 10.4. The Bertz CT molecular complexity index is 869. The van der Waals surface area contributed by atoms with E-state index in [2.05, 4.69) is 9.97 Å². The Balaban J connectivity index is 0.000000184. The summed E-state index contributed by atoms with van der Waals surface area (Å²) in [7, 11) is 0. The molecule has 0 radical (unpaired) electrons. The van der Waals surface area contributed by atoms with Gasteiger partial charge in [-0.25, -0.2) is 28.3 Å². The van der Waals surface area contributed by atoms with Gasteiger partial charge in [0.25, 0.3) is 0 Å². The van der Waals surface area contributed by atoms with Gasteiger partial charge >= 0.3 is 12.2 Å². The summed E-state index contributed by atoms with van der Waals surface area (Å²) in [5.74, 6) is -1.53. The van der Waals surface area contributed by atoms with Crippen LogP contribution in [0.3, 0.4) is 0 Å². The van der Waals surface area contributed by atoms with Gasteiger partial charge in [-0.15, -0.1) is 0 Å². The van der Waals surface area contributed by atoms with Gasteiger partial charge in [-0.1, -0.05) is 19.3 Å². The SMILES string of the molecule is O=C(O)Nc1ncc(-c2cc(F)cc(F)c2)cn1.O=C1OCCN1C1CCCCC1. The molecule has 0 atom stereocenters. The number of nitrogens with one attached hydrogen (secondary N) is 1. The maximum Gasteiger partial charge on any atom is 0.411 e. The average molecular weight is 420 g/mol. The number of amides is 2. The molecule has 0 unspecified atom stereocenters. The van der Waals surface area contributed by atoms with Gasteiger partial charge in [0, 0.05) is 30.1 Å². The standard InChI is InChI=1S/C11H7F2N3O2.C9H15NO2/c12-8-1-6(2-9(13)3-8)7-4-14-10(15-5-7)16-11(17)18;11-9-10(6-7-12-9)8-4-2-1-3-5-8/h1-5H,(H,17,18)(H,14,15,16);8H,1-7H2. The van der Waals surface area contributed by atoms with Crippen molar-refractivity contribution in [3.8, 4) is 11.1 Å². The van der Waals surface area contributed by atoms with Crippen LogP contribution in [-0.4, -0.2) is 51.4 Å². The first-order valence-corrected chi connectivity index (χ1v) is 9.64. The fourth-order valence-corrected chi connectivity index (χ4v) is 3.49. The van der Waals surface area contributed by atoms with Crippen molar-refractivity contribution in [3.63, 3.8) is 0 Å². The van der Waals surface area contributed by atoms with Crippen LogP contribution in [0.25, 0.3) is 11.1 Å². The van der Waals surface area contributed by atoms with E-state index < -0.39 is 17.7 Å². The van der Waals surface area contributed by atoms with Crippen molar-refractivity contribution in [1.82, 2.24) is 14.9 Å². The zero-order valence-electron chi connectivity index (χ0n) is 16.2. The number of halogens is 2. The van der Waals surface area contributed by atoms with Crippen LogP contribution in [0, 0.1) is 11.6 Å². The highest BCUT2D eigenvalue weighted by molar-refractivity contribution is 5.80. The molecule has 2 N–H and O–H groups in total. The molecule has 2 aromatic rings. The Labute approximate surface area is 171 Å². The van der Waals surface area contributed by atoms with E-state index in [0.717, 1.165) is 24.7 Å². The van der Waals surface area contributed by atoms with E-state index >= 15 is 0 Å². The van der Waals surface area contributed by atoms with Crippen molar-refractivity contribution in [1.29, 1.82) is 0 Å². The molecule has 4 rings (SSSR count). The Morgan fingerprint density at radius 1 is 1.07 bits per heavy atom. The van der Waals surface area contributed by atoms with Crippen LogP contribution in [0.2, 0.25) is 0 Å². The number of carbonyl (C=O) groups is 2. The summed E-state index contributed by atoms with van der Waals surface area (Å²) in [5.41, 5.74) is 0.652. The molecule has 1 aliphatic heterocycles. The molecular weight excluding hydrogens is 398 g/mol. The highest BCUT2D eigenvalue weighted by atomic mass is 19.1. The Kier molecular flexibility index (Phi) is 7.10. The number of rotatable bonds is 3. The molecule has 8 nitrogen and oxygen atoms in total. The number of ether oxygens (including phenoxy) is 1. The van der Waals surface area contributed by atoms with Crippen molar-refractivity contribution in [2.45, 2.75) is 38.1 Å². The summed E-state index contributed by atoms with van der Waals surface area (Å²) >= 11 is 0. The second-order valence-electron chi connectivity index (χ2n) is 6.98. The van der Waals surface area contributed by atoms with Gasteiger partial charge in [-0.2, -0.15) is 0 Å². The Morgan fingerprint density at radius 3 is 2.23 bits per heavy atom. The highest BCUT2D eigenvalue weighted by Crippen LogP contribution is 2.24. The monoisotopic (exact) mass is 420 g/mol. The Hall–Kier alpha value is -3.30. The van der Waals surface area contributed by atoms with E-state index in [1.54, 1.807) is 0 Å². The lowest BCUT2D eigenvalue weighted by Crippen LogP contribution is -2.37. The average Bonchev–Trinajstić information content (AvgIpc) is 3.14. The van der Waals surface area contributed by atoms with Crippen molar-refractivity contribution in [2.24, 2.45) is 0 Å². The largest absolute Gasteiger partial charge is 0.465 e. The molecule has 1 aromatic carbocycles. The minimum absolute atomic E-state index is 0.0955. The molecule has 2 fully saturated rings. The zero-order valence-corrected chi connectivity index (χ0v) is 16.2. The third-order valence-electron chi connectivity index (χ3n) is 4.87. The van der Waals surface area contributed by atoms with E-state index in [9.17, 15) is 18.4 Å². The van der Waals surface area contributed by atoms with Crippen LogP contribution in [0.5, 0.6) is 0 Å². The quantitative estimate of drug-likeness (QED) is 0.768. The Morgan fingerprint density at radius 2 is 1.70 bits per heavy atom. The number of hydrogen-bond donors (Lipinski definition) is 2. The van der Waals surface area contributed by atoms with Crippen LogP contribution in [0.15, 0.2) is 30.6 Å². The van der Waals surface area contributed by atoms with Crippen LogP contribution in [-0.2, 0) is 4.74 Å². The first-order chi connectivity index (χ1) is 14.4. The van der Waals surface area contributed by atoms with Crippen LogP contribution in [0.4, 0.5) is 24.3 Å². The molecule has 30 heavy (non-hydrogen) atoms. The predicted octanol–water partition coefficient (Wildman–Crippen LogP) is 4.28. The van der Waals surface area contributed by atoms with Crippen LogP contribution < -0.4 is 5.32 Å². The molecule has 2 aliphatic rings. The zero-order chi connectivity index (χ0) is 21.5. The normalized spacial score (nSPS) is 16.5. The number of cyclic esters (lactones) is 1. The summed E-state index contributed by atoms with van der Waals surface area (Å²) in [4.78, 5) is 30.8. The molecule has 0 bridgehead atoms. The maximum atomic E-state index is 13.0. The topological polar surface area (TPSA) is 105 Å². The summed E-state index contributed by atoms with van der Waals surface area (Å²) in [6.07, 6.45) is 7.38. The van der Waals surface area contributed by atoms with Gasteiger partial charge in [0.1, 0.15) is 18.2 Å². The molecular formula is C20H22F2N4O4. The fraction of sp³-hybridized carbons (Fsp3) is 0.400. The number of nitrogens with zero attached hydrogens (tertiary/aromatic N) is 3. The molecule has 2 amide bonds. The lowest BCUT2D eigenvalue weighted by atomic mass is 9.94. The number of anilines is 1. The molecule has 160 valence electrons. The van der Waals surface area contributed by atoms with Gasteiger partial charge in [0.2, 0.25) is 5.95 Å². The number of aromatic nitrogens is 2. The van der Waals surface area contributed by atoms with Gasteiger partial charge in [-0.3, -0.25) is 5.32 Å². The van der Waals surface area contributed by atoms with Crippen LogP contribution >= 0.6 is 0 Å². The van der Waals surface area contributed by atoms with E-state index in [1.165, 1.54) is 44.5 Å². The highest BCUT2D eigenvalue weighted by Gasteiger charge is 2.30. The van der Waals surface area contributed by atoms with E-state index in [0.29, 0.717) is 18.2 Å². The van der Waals surface area contributed by atoms with Crippen molar-refractivity contribution in [3.05, 3.63) is 42.2 Å². The fourth-order valence-electron chi connectivity index (χ4n) is 3.49. The van der Waals surface area contributed by atoms with Crippen molar-refractivity contribution in [2.75, 3.05) is 18.5 Å². The summed E-state index contributed by atoms with van der Waals surface area (Å²) in [6.45, 7) is 1.40. The smallest absolute Gasteiger partial charge is 0.411 e. The van der Waals surface area contributed by atoms with E-state index in [1.807, 2.05) is 10.2 Å². The van der Waals surface area contributed by atoms with Gasteiger partial charge in [0.05, 0.1) is 6.54 Å². The third kappa shape index (κ3) is 5.85. The molecule has 2 heterocycles. The number of carboxylic acid groups (broad SMARTS) is 1. The number of hydrogen-bond acceptors (Lipinski definition) is 5. The minimum atomic E-state index is -1.29. The lowest BCUT2D eigenvalue weighted by Gasteiger charge is -2.28. The minimum Gasteiger partial charge on any atom is -0.465 e. The molecule has 0 spiro atoms. The van der Waals surface area contributed by atoms with Gasteiger partial charge < -0.3 is 14.7 Å². The maximum absolute atomic E-state index is 13.0. The second kappa shape index (κ2) is 9.95. The second-order valence-corrected chi connectivity index (χ2v) is 6.98. The van der Waals surface area contributed by atoms with Gasteiger partial charge in [-0.05, 0) is 30.5 Å². The van der Waals surface area contributed by atoms with Crippen molar-refractivity contribution >= 4 is 18.1 Å². The van der Waals surface area contributed by atoms with Gasteiger partial charge in [0.15, 0.2) is 0 Å². The molecule has 1 aliphatic carbocycles. The predicted molar refractivity (Wildman–Crippen MR) is 104 cm³/mol. The molecule has 1 saturated heterocycles. The molecule has 1 saturated carbocycles. The number of carbonyl (C=O) groups excluding carboxylic acids is 1. The van der Waals surface area contributed by atoms with E-state index in [-0.39, 0.29) is 17.6 Å². The summed E-state index contributed by atoms with van der Waals surface area (Å²) < 4.78 is 30.9. The third-order valence-corrected chi connectivity index (χ3v) is 4.87. The van der Waals surface area contributed by atoms with Crippen LogP contribution in [0.1, 0.15) is 32.1 Å².